The molecule has 0 saturated heterocycles. The van der Waals surface area contributed by atoms with E-state index in [1.54, 1.807) is 12.1 Å². The van der Waals surface area contributed by atoms with Crippen LogP contribution in [0.1, 0.15) is 13.8 Å². The molecule has 0 aliphatic heterocycles. The first kappa shape index (κ1) is 16.1. The van der Waals surface area contributed by atoms with Crippen LogP contribution in [0.25, 0.3) is 0 Å². The van der Waals surface area contributed by atoms with Gasteiger partial charge < -0.3 is 10.5 Å². The van der Waals surface area contributed by atoms with Crippen molar-refractivity contribution in [3.05, 3.63) is 23.2 Å². The number of nitrogens with zero attached hydrogens (tertiary/aromatic N) is 1. The lowest BCUT2D eigenvalue weighted by atomic mass is 10.3. The molecule has 0 aliphatic carbocycles. The minimum Gasteiger partial charge on any atom is -0.397 e. The monoisotopic (exact) mass is 306 g/mol. The van der Waals surface area contributed by atoms with Crippen LogP contribution < -0.4 is 10.0 Å². The number of ether oxygens (including phenoxy) is 1. The Morgan fingerprint density at radius 3 is 2.63 bits per heavy atom. The Morgan fingerprint density at radius 1 is 1.42 bits per heavy atom. The fourth-order valence-electron chi connectivity index (χ4n) is 1.47. The lowest BCUT2D eigenvalue weighted by Gasteiger charge is -2.21. The topological polar surface area (TPSA) is 72.6 Å². The van der Waals surface area contributed by atoms with Crippen molar-refractivity contribution in [3.63, 3.8) is 0 Å². The number of nitrogens with two attached hydrogens (primary N) is 1. The third-order valence-corrected chi connectivity index (χ3v) is 4.49. The molecule has 19 heavy (non-hydrogen) atoms. The molecule has 0 fully saturated rings. The summed E-state index contributed by atoms with van der Waals surface area (Å²) in [5.74, 6) is -0.104. The summed E-state index contributed by atoms with van der Waals surface area (Å²) in [4.78, 5) is 0. The zero-order chi connectivity index (χ0) is 14.6. The summed E-state index contributed by atoms with van der Waals surface area (Å²) >= 11 is 5.86. The molecule has 108 valence electrons. The molecule has 0 unspecified atom stereocenters. The number of nitrogen functional groups attached to an aromatic ring is 1. The Kier molecular flexibility index (Phi) is 5.46. The van der Waals surface area contributed by atoms with Gasteiger partial charge in [-0.1, -0.05) is 11.6 Å². The highest BCUT2D eigenvalue weighted by Crippen LogP contribution is 2.27. The highest BCUT2D eigenvalue weighted by molar-refractivity contribution is 7.92. The van der Waals surface area contributed by atoms with Crippen molar-refractivity contribution in [1.82, 2.24) is 0 Å². The van der Waals surface area contributed by atoms with Gasteiger partial charge in [-0.15, -0.1) is 0 Å². The largest absolute Gasteiger partial charge is 0.397 e. The molecule has 2 N–H and O–H groups in total. The maximum absolute atomic E-state index is 12.1. The third-order valence-electron chi connectivity index (χ3n) is 2.54. The van der Waals surface area contributed by atoms with Gasteiger partial charge in [-0.05, 0) is 32.0 Å². The Bertz CT molecular complexity index is 532. The highest BCUT2D eigenvalue weighted by atomic mass is 35.5. The molecular formula is C12H19ClN2O3S. The van der Waals surface area contributed by atoms with Crippen LogP contribution in [0.3, 0.4) is 0 Å². The van der Waals surface area contributed by atoms with Gasteiger partial charge in [0.05, 0.1) is 29.8 Å². The first-order chi connectivity index (χ1) is 8.74. The molecule has 5 nitrogen and oxygen atoms in total. The van der Waals surface area contributed by atoms with Gasteiger partial charge in [0.2, 0.25) is 10.0 Å². The number of rotatable bonds is 6. The molecule has 0 heterocycles. The van der Waals surface area contributed by atoms with E-state index in [1.807, 2.05) is 13.8 Å². The molecule has 1 aromatic rings. The van der Waals surface area contributed by atoms with Crippen LogP contribution in [0.15, 0.2) is 18.2 Å². The second-order valence-corrected chi connectivity index (χ2v) is 6.96. The summed E-state index contributed by atoms with van der Waals surface area (Å²) in [6.07, 6.45) is -0.00301. The van der Waals surface area contributed by atoms with Gasteiger partial charge in [-0.25, -0.2) is 8.42 Å². The second-order valence-electron chi connectivity index (χ2n) is 4.41. The van der Waals surface area contributed by atoms with E-state index in [0.717, 1.165) is 4.31 Å². The van der Waals surface area contributed by atoms with E-state index in [-0.39, 0.29) is 18.5 Å². The van der Waals surface area contributed by atoms with E-state index in [9.17, 15) is 8.42 Å². The number of hydrogen-bond donors (Lipinski definition) is 1. The van der Waals surface area contributed by atoms with Crippen molar-refractivity contribution < 1.29 is 13.2 Å². The quantitative estimate of drug-likeness (QED) is 0.817. The van der Waals surface area contributed by atoms with Gasteiger partial charge in [0, 0.05) is 12.1 Å². The molecule has 7 heteroatoms. The average Bonchev–Trinajstić information content (AvgIpc) is 2.30. The van der Waals surface area contributed by atoms with Gasteiger partial charge in [0.1, 0.15) is 0 Å². The van der Waals surface area contributed by atoms with E-state index < -0.39 is 10.0 Å². The van der Waals surface area contributed by atoms with Crippen molar-refractivity contribution >= 4 is 33.0 Å². The zero-order valence-electron chi connectivity index (χ0n) is 11.3. The summed E-state index contributed by atoms with van der Waals surface area (Å²) in [5.41, 5.74) is 6.50. The predicted octanol–water partition coefficient (Wildman–Crippen LogP) is 2.11. The number of hydrogen-bond acceptors (Lipinski definition) is 4. The van der Waals surface area contributed by atoms with Crippen LogP contribution in [0.5, 0.6) is 0 Å². The second kappa shape index (κ2) is 6.45. The first-order valence-electron chi connectivity index (χ1n) is 5.87. The van der Waals surface area contributed by atoms with Crippen LogP contribution in [-0.4, -0.2) is 33.9 Å². The minimum absolute atomic E-state index is 0.00301. The summed E-state index contributed by atoms with van der Waals surface area (Å²) in [6, 6.07) is 4.72. The van der Waals surface area contributed by atoms with E-state index in [1.165, 1.54) is 13.1 Å². The first-order valence-corrected chi connectivity index (χ1v) is 7.86. The Labute approximate surface area is 119 Å². The lowest BCUT2D eigenvalue weighted by molar-refractivity contribution is 0.0912. The molecule has 0 spiro atoms. The van der Waals surface area contributed by atoms with Crippen LogP contribution in [0, 0.1) is 0 Å². The lowest BCUT2D eigenvalue weighted by Crippen LogP contribution is -2.31. The zero-order valence-corrected chi connectivity index (χ0v) is 12.8. The van der Waals surface area contributed by atoms with Crippen LogP contribution in [0.4, 0.5) is 11.4 Å². The minimum atomic E-state index is -3.48. The molecule has 0 aromatic heterocycles. The SMILES string of the molecule is CC(C)OCCS(=O)(=O)N(C)c1cc(Cl)ccc1N. The molecule has 0 aliphatic rings. The standard InChI is InChI=1S/C12H19ClN2O3S/c1-9(2)18-6-7-19(16,17)15(3)12-8-10(13)4-5-11(12)14/h4-5,8-9H,6-7,14H2,1-3H3. The van der Waals surface area contributed by atoms with Gasteiger partial charge in [0.25, 0.3) is 0 Å². The smallest absolute Gasteiger partial charge is 0.237 e. The fourth-order valence-corrected chi connectivity index (χ4v) is 2.67. The van der Waals surface area contributed by atoms with E-state index in [0.29, 0.717) is 16.4 Å². The average molecular weight is 307 g/mol. The molecule has 1 aromatic carbocycles. The van der Waals surface area contributed by atoms with Crippen molar-refractivity contribution in [2.24, 2.45) is 0 Å². The van der Waals surface area contributed by atoms with Crippen molar-refractivity contribution in [3.8, 4) is 0 Å². The molecular weight excluding hydrogens is 288 g/mol. The maximum Gasteiger partial charge on any atom is 0.237 e. The normalized spacial score (nSPS) is 11.8. The molecule has 0 saturated carbocycles. The van der Waals surface area contributed by atoms with Crippen LogP contribution in [-0.2, 0) is 14.8 Å². The summed E-state index contributed by atoms with van der Waals surface area (Å²) in [6.45, 7) is 3.85. The molecule has 0 radical (unpaired) electrons. The van der Waals surface area contributed by atoms with Crippen molar-refractivity contribution in [1.29, 1.82) is 0 Å². The Hall–Kier alpha value is -0.980. The van der Waals surface area contributed by atoms with Crippen molar-refractivity contribution in [2.75, 3.05) is 29.4 Å². The Morgan fingerprint density at radius 2 is 2.05 bits per heavy atom. The predicted molar refractivity (Wildman–Crippen MR) is 79.1 cm³/mol. The van der Waals surface area contributed by atoms with E-state index >= 15 is 0 Å². The summed E-state index contributed by atoms with van der Waals surface area (Å²) in [5, 5.41) is 0.435. The third kappa shape index (κ3) is 4.56. The van der Waals surface area contributed by atoms with Gasteiger partial charge in [-0.2, -0.15) is 0 Å². The Balaban J connectivity index is 2.86. The number of anilines is 2. The maximum atomic E-state index is 12.1. The number of halogens is 1. The van der Waals surface area contributed by atoms with Gasteiger partial charge in [0.15, 0.2) is 0 Å². The number of sulfonamides is 1. The fraction of sp³-hybridized carbons (Fsp3) is 0.500. The molecule has 0 amide bonds. The molecule has 1 rings (SSSR count). The summed E-state index contributed by atoms with van der Waals surface area (Å²) < 4.78 is 30.6. The number of benzene rings is 1. The molecule has 0 bridgehead atoms. The van der Waals surface area contributed by atoms with Crippen molar-refractivity contribution in [2.45, 2.75) is 20.0 Å². The molecule has 0 atom stereocenters. The van der Waals surface area contributed by atoms with Crippen LogP contribution in [0.2, 0.25) is 5.02 Å². The van der Waals surface area contributed by atoms with Crippen LogP contribution >= 0.6 is 11.6 Å². The van der Waals surface area contributed by atoms with E-state index in [2.05, 4.69) is 0 Å². The summed E-state index contributed by atoms with van der Waals surface area (Å²) in [7, 11) is -2.03. The van der Waals surface area contributed by atoms with Gasteiger partial charge >= 0.3 is 0 Å². The van der Waals surface area contributed by atoms with Gasteiger partial charge in [-0.3, -0.25) is 4.31 Å². The highest BCUT2D eigenvalue weighted by Gasteiger charge is 2.20. The van der Waals surface area contributed by atoms with E-state index in [4.69, 9.17) is 22.1 Å².